The summed E-state index contributed by atoms with van der Waals surface area (Å²) in [5, 5.41) is 14.6. The van der Waals surface area contributed by atoms with Crippen molar-refractivity contribution in [1.82, 2.24) is 19.2 Å². The second-order valence-corrected chi connectivity index (χ2v) is 12.3. The summed E-state index contributed by atoms with van der Waals surface area (Å²) in [5.74, 6) is -1.04. The molecule has 2 N–H and O–H groups in total. The minimum Gasteiger partial charge on any atom is -0.453 e. The van der Waals surface area contributed by atoms with Crippen LogP contribution in [0.3, 0.4) is 0 Å². The summed E-state index contributed by atoms with van der Waals surface area (Å²) >= 11 is 0. The van der Waals surface area contributed by atoms with Gasteiger partial charge >= 0.3 is 0 Å². The first-order chi connectivity index (χ1) is 22.3. The van der Waals surface area contributed by atoms with Gasteiger partial charge in [0.2, 0.25) is 5.43 Å². The molecule has 1 unspecified atom stereocenters. The summed E-state index contributed by atoms with van der Waals surface area (Å²) in [4.78, 5) is 45.5. The zero-order valence-corrected chi connectivity index (χ0v) is 25.1. The van der Waals surface area contributed by atoms with E-state index in [1.54, 1.807) is 27.5 Å². The van der Waals surface area contributed by atoms with Crippen molar-refractivity contribution < 1.29 is 22.9 Å². The maximum Gasteiger partial charge on any atom is 0.273 e. The van der Waals surface area contributed by atoms with Gasteiger partial charge < -0.3 is 33.3 Å². The molecule has 46 heavy (non-hydrogen) atoms. The topological polar surface area (TPSA) is 142 Å². The van der Waals surface area contributed by atoms with Gasteiger partial charge in [0.05, 0.1) is 32.9 Å². The van der Waals surface area contributed by atoms with E-state index in [9.17, 15) is 19.7 Å². The van der Waals surface area contributed by atoms with Gasteiger partial charge in [-0.3, -0.25) is 19.7 Å². The number of carbonyl (C=O) groups excluding carboxylic acids is 1. The monoisotopic (exact) mass is 626 g/mol. The van der Waals surface area contributed by atoms with Crippen molar-refractivity contribution in [2.24, 2.45) is 0 Å². The lowest BCUT2D eigenvalue weighted by molar-refractivity contribution is -0.384. The molecule has 0 saturated carbocycles. The lowest BCUT2D eigenvalue weighted by Gasteiger charge is -2.21. The smallest absolute Gasteiger partial charge is 0.273 e. The van der Waals surface area contributed by atoms with Crippen LogP contribution in [0.5, 0.6) is 0 Å². The number of hydrogen-bond donors (Lipinski definition) is 2. The highest BCUT2D eigenvalue weighted by Crippen LogP contribution is 2.36. The lowest BCUT2D eigenvalue weighted by Crippen LogP contribution is -2.32. The average Bonchev–Trinajstić information content (AvgIpc) is 3.73. The van der Waals surface area contributed by atoms with Crippen molar-refractivity contribution in [3.63, 3.8) is 0 Å². The number of nitro groups is 1. The third-order valence-corrected chi connectivity index (χ3v) is 9.47. The minimum absolute atomic E-state index is 0.0296. The predicted octanol–water partition coefficient (Wildman–Crippen LogP) is 6.17. The van der Waals surface area contributed by atoms with Crippen molar-refractivity contribution in [2.45, 2.75) is 38.1 Å². The predicted molar refractivity (Wildman–Crippen MR) is 172 cm³/mol. The van der Waals surface area contributed by atoms with Crippen molar-refractivity contribution in [3.8, 4) is 0 Å². The summed E-state index contributed by atoms with van der Waals surface area (Å²) < 4.78 is 30.1. The molecule has 5 heterocycles. The molecule has 1 amide bonds. The number of pyridine rings is 1. The Morgan fingerprint density at radius 1 is 1.07 bits per heavy atom. The molecule has 13 heteroatoms. The molecule has 2 saturated heterocycles. The Morgan fingerprint density at radius 2 is 1.87 bits per heavy atom. The third-order valence-electron chi connectivity index (χ3n) is 9.47. The molecule has 8 rings (SSSR count). The number of rotatable bonds is 6. The highest BCUT2D eigenvalue weighted by molar-refractivity contribution is 6.07. The van der Waals surface area contributed by atoms with Crippen LogP contribution in [0.4, 0.5) is 15.8 Å². The minimum atomic E-state index is -0.643. The number of nitrogens with zero attached hydrogens (tertiary/aromatic N) is 4. The Bertz CT molecular complexity index is 2310. The van der Waals surface area contributed by atoms with Gasteiger partial charge in [-0.2, -0.15) is 0 Å². The van der Waals surface area contributed by atoms with Gasteiger partial charge in [0.25, 0.3) is 11.6 Å². The fraction of sp³-hybridized carbons (Fsp3) is 0.333. The molecular weight excluding hydrogens is 595 g/mol. The molecule has 2 aliphatic heterocycles. The second kappa shape index (κ2) is 10.7. The van der Waals surface area contributed by atoms with E-state index in [0.29, 0.717) is 58.9 Å². The fourth-order valence-corrected chi connectivity index (χ4v) is 7.02. The number of fused-ring (bicyclic) bond motifs is 4. The van der Waals surface area contributed by atoms with Gasteiger partial charge in [-0.05, 0) is 57.8 Å². The van der Waals surface area contributed by atoms with E-state index < -0.39 is 22.1 Å². The van der Waals surface area contributed by atoms with Gasteiger partial charge in [-0.1, -0.05) is 0 Å². The van der Waals surface area contributed by atoms with Crippen LogP contribution in [0.1, 0.15) is 42.5 Å². The van der Waals surface area contributed by atoms with E-state index in [0.717, 1.165) is 38.6 Å². The summed E-state index contributed by atoms with van der Waals surface area (Å²) in [5.41, 5.74) is 2.40. The molecule has 12 nitrogen and oxygen atoms in total. The van der Waals surface area contributed by atoms with E-state index in [-0.39, 0.29) is 33.5 Å². The molecule has 0 spiro atoms. The Balaban J connectivity index is 1.37. The first-order valence-electron chi connectivity index (χ1n) is 15.5. The SMILES string of the molecule is CN1CCCC1CCNc1c(F)cc2c(=O)c(C(=O)N3CCCC3)cn3c4cc5oc6cc([N+](=O)[O-])ccc6[nH]c5cc4oc1c23. The molecule has 0 aliphatic carbocycles. The Morgan fingerprint density at radius 3 is 2.63 bits per heavy atom. The number of aromatic nitrogens is 2. The molecule has 0 bridgehead atoms. The highest BCUT2D eigenvalue weighted by atomic mass is 19.1. The van der Waals surface area contributed by atoms with Crippen molar-refractivity contribution in [2.75, 3.05) is 38.5 Å². The van der Waals surface area contributed by atoms with Crippen LogP contribution in [0.15, 0.2) is 56.2 Å². The molecule has 1 atom stereocenters. The maximum atomic E-state index is 15.9. The molecule has 3 aromatic carbocycles. The summed E-state index contributed by atoms with van der Waals surface area (Å²) in [6.07, 6.45) is 6.23. The van der Waals surface area contributed by atoms with Crippen LogP contribution in [-0.4, -0.2) is 69.3 Å². The number of halogens is 1. The van der Waals surface area contributed by atoms with Crippen LogP contribution in [0.25, 0.3) is 49.8 Å². The van der Waals surface area contributed by atoms with Crippen molar-refractivity contribution >= 4 is 67.1 Å². The lowest BCUT2D eigenvalue weighted by atomic mass is 10.1. The number of nitrogens with one attached hydrogen (secondary N) is 2. The molecular formula is C33H31FN6O6. The Kier molecular flexibility index (Phi) is 6.60. The quantitative estimate of drug-likeness (QED) is 0.0968. The number of carbonyl (C=O) groups is 1. The second-order valence-electron chi connectivity index (χ2n) is 12.3. The summed E-state index contributed by atoms with van der Waals surface area (Å²) in [6.45, 7) is 2.63. The molecule has 3 aromatic heterocycles. The first-order valence-corrected chi connectivity index (χ1v) is 15.5. The van der Waals surface area contributed by atoms with Crippen LogP contribution in [0, 0.1) is 15.9 Å². The largest absolute Gasteiger partial charge is 0.453 e. The van der Waals surface area contributed by atoms with Gasteiger partial charge in [0.15, 0.2) is 28.1 Å². The molecule has 2 fully saturated rings. The zero-order valence-electron chi connectivity index (χ0n) is 25.1. The van der Waals surface area contributed by atoms with Gasteiger partial charge in [0, 0.05) is 50.1 Å². The van der Waals surface area contributed by atoms with Gasteiger partial charge in [0.1, 0.15) is 16.8 Å². The van der Waals surface area contributed by atoms with E-state index in [1.807, 2.05) is 0 Å². The summed E-state index contributed by atoms with van der Waals surface area (Å²) in [6, 6.07) is 9.24. The number of non-ortho nitro benzene ring substituents is 1. The van der Waals surface area contributed by atoms with Crippen LogP contribution in [0.2, 0.25) is 0 Å². The molecule has 2 aliphatic rings. The number of anilines is 1. The van der Waals surface area contributed by atoms with Crippen LogP contribution < -0.4 is 10.7 Å². The van der Waals surface area contributed by atoms with E-state index in [2.05, 4.69) is 22.2 Å². The molecule has 6 aromatic rings. The number of aromatic amines is 1. The van der Waals surface area contributed by atoms with Crippen molar-refractivity contribution in [3.05, 3.63) is 74.3 Å². The standard InChI is InChI=1S/C33H31FN6O6/c1-37-10-4-5-18(37)8-9-35-29-22(34)14-20-30-32(29)46-28-15-24-27(45-26-13-19(40(43)44)6-7-23(26)36-24)16-25(28)39(30)17-21(31(20)41)33(42)38-11-2-3-12-38/h6-7,13-18,35-36H,2-5,8-12H2,1H3. The zero-order chi connectivity index (χ0) is 31.7. The highest BCUT2D eigenvalue weighted by Gasteiger charge is 2.27. The van der Waals surface area contributed by atoms with Gasteiger partial charge in [-0.15, -0.1) is 0 Å². The van der Waals surface area contributed by atoms with Crippen LogP contribution in [-0.2, 0) is 0 Å². The third kappa shape index (κ3) is 4.52. The Labute approximate surface area is 260 Å². The summed E-state index contributed by atoms with van der Waals surface area (Å²) in [7, 11) is 2.09. The average molecular weight is 627 g/mol. The van der Waals surface area contributed by atoms with E-state index >= 15 is 4.39 Å². The molecule has 236 valence electrons. The van der Waals surface area contributed by atoms with Crippen LogP contribution >= 0.6 is 0 Å². The van der Waals surface area contributed by atoms with E-state index in [1.165, 1.54) is 24.4 Å². The number of nitro benzene ring substituents is 1. The Hall–Kier alpha value is -5.17. The number of likely N-dealkylation sites (tertiary alicyclic amines) is 2. The fourth-order valence-electron chi connectivity index (χ4n) is 7.02. The first kappa shape index (κ1) is 28.3. The number of benzene rings is 3. The van der Waals surface area contributed by atoms with Crippen molar-refractivity contribution in [1.29, 1.82) is 0 Å². The normalized spacial score (nSPS) is 17.3. The number of amides is 1. The number of H-pyrrole nitrogens is 1. The molecule has 0 radical (unpaired) electrons. The number of hydrogen-bond acceptors (Lipinski definition) is 8. The van der Waals surface area contributed by atoms with Gasteiger partial charge in [-0.25, -0.2) is 4.39 Å². The van der Waals surface area contributed by atoms with E-state index in [4.69, 9.17) is 8.83 Å². The maximum absolute atomic E-state index is 15.9.